The van der Waals surface area contributed by atoms with Crippen molar-refractivity contribution in [3.05, 3.63) is 52.1 Å². The van der Waals surface area contributed by atoms with Gasteiger partial charge in [0.25, 0.3) is 5.91 Å². The van der Waals surface area contributed by atoms with E-state index >= 15 is 0 Å². The molecule has 1 amide bonds. The summed E-state index contributed by atoms with van der Waals surface area (Å²) in [6, 6.07) is 3.54. The number of hydrogen-bond donors (Lipinski definition) is 5. The van der Waals surface area contributed by atoms with Crippen LogP contribution in [0.1, 0.15) is 28.8 Å². The van der Waals surface area contributed by atoms with Gasteiger partial charge in [-0.15, -0.1) is 0 Å². The van der Waals surface area contributed by atoms with Crippen molar-refractivity contribution in [2.24, 2.45) is 24.6 Å². The number of hydrogen-bond acceptors (Lipinski definition) is 9. The van der Waals surface area contributed by atoms with Crippen LogP contribution in [0.5, 0.6) is 5.75 Å². The lowest BCUT2D eigenvalue weighted by Gasteiger charge is -2.41. The van der Waals surface area contributed by atoms with Crippen LogP contribution in [0.15, 0.2) is 41.0 Å². The molecule has 188 valence electrons. The molecule has 1 aromatic carbocycles. The number of carbonyl (C=O) groups is 2. The van der Waals surface area contributed by atoms with Crippen LogP contribution in [0.2, 0.25) is 0 Å². The number of aromatic hydroxyl groups is 1. The van der Waals surface area contributed by atoms with Crippen LogP contribution in [0, 0.1) is 11.8 Å². The highest BCUT2D eigenvalue weighted by atomic mass is 16.8. The van der Waals surface area contributed by atoms with Crippen molar-refractivity contribution < 1.29 is 34.8 Å². The predicted molar refractivity (Wildman–Crippen MR) is 126 cm³/mol. The number of aromatic nitrogens is 2. The zero-order valence-corrected chi connectivity index (χ0v) is 19.9. The number of nitrogens with zero attached hydrogens (tertiary/aromatic N) is 3. The molecule has 1 unspecified atom stereocenters. The minimum Gasteiger partial charge on any atom is -0.512 e. The topological polar surface area (TPSA) is 175 Å². The van der Waals surface area contributed by atoms with E-state index in [9.17, 15) is 30.0 Å². The Morgan fingerprint density at radius 2 is 2.00 bits per heavy atom. The highest BCUT2D eigenvalue weighted by molar-refractivity contribution is 6.15. The summed E-state index contributed by atoms with van der Waals surface area (Å²) >= 11 is 0. The van der Waals surface area contributed by atoms with Gasteiger partial charge in [0.1, 0.15) is 22.8 Å². The molecular formula is C25H26N4O7. The van der Waals surface area contributed by atoms with Crippen molar-refractivity contribution in [3.8, 4) is 17.0 Å². The molecule has 6 rings (SSSR count). The number of anilines is 1. The normalized spacial score (nSPS) is 30.4. The Kier molecular flexibility index (Phi) is 4.33. The number of carbonyl (C=O) groups excluding carboxylic acids is 2. The number of aliphatic hydroxyl groups excluding tert-OH is 2. The monoisotopic (exact) mass is 494 g/mol. The molecule has 6 N–H and O–H groups in total. The number of fused-ring (bicyclic) bond motifs is 2. The van der Waals surface area contributed by atoms with Crippen LogP contribution in [-0.2, 0) is 23.0 Å². The zero-order chi connectivity index (χ0) is 25.9. The lowest BCUT2D eigenvalue weighted by atomic mass is 9.61. The van der Waals surface area contributed by atoms with E-state index in [-0.39, 0.29) is 29.1 Å². The first-order valence-electron chi connectivity index (χ1n) is 11.6. The number of Topliss-reactive ketones (excluding diaryl/α,β-unsaturated/α-hetero) is 1. The maximum absolute atomic E-state index is 14.0. The number of phenols is 1. The number of rotatable bonds is 3. The summed E-state index contributed by atoms with van der Waals surface area (Å²) in [4.78, 5) is 27.8. The molecule has 3 aliphatic carbocycles. The number of phenolic OH excluding ortho intramolecular Hbond substituents is 1. The zero-order valence-electron chi connectivity index (χ0n) is 19.9. The van der Waals surface area contributed by atoms with Gasteiger partial charge in [-0.3, -0.25) is 14.3 Å². The molecule has 4 atom stereocenters. The number of aryl methyl sites for hydroxylation is 1. The van der Waals surface area contributed by atoms with E-state index in [2.05, 4.69) is 5.10 Å². The molecule has 0 saturated carbocycles. The first-order valence-corrected chi connectivity index (χ1v) is 11.6. The average Bonchev–Trinajstić information content (AvgIpc) is 3.21. The lowest BCUT2D eigenvalue weighted by molar-refractivity contribution is -0.117. The number of ketones is 1. The molecular weight excluding hydrogens is 468 g/mol. The summed E-state index contributed by atoms with van der Waals surface area (Å²) in [5.74, 6) is -6.08. The number of amides is 1. The molecule has 1 aromatic heterocycles. The molecule has 11 heteroatoms. The Bertz CT molecular complexity index is 1450. The van der Waals surface area contributed by atoms with Gasteiger partial charge in [-0.05, 0) is 36.5 Å². The summed E-state index contributed by atoms with van der Waals surface area (Å²) in [5.41, 5.74) is 5.63. The van der Waals surface area contributed by atoms with E-state index in [1.54, 1.807) is 24.0 Å². The molecule has 0 bridgehead atoms. The molecule has 1 aliphatic heterocycles. The molecule has 1 saturated heterocycles. The van der Waals surface area contributed by atoms with Crippen LogP contribution in [0.3, 0.4) is 0 Å². The lowest BCUT2D eigenvalue weighted by Crippen LogP contribution is -2.49. The number of ether oxygens (including phenoxy) is 1. The Labute approximate surface area is 205 Å². The first-order chi connectivity index (χ1) is 16.9. The van der Waals surface area contributed by atoms with Crippen molar-refractivity contribution >= 4 is 17.4 Å². The SMILES string of the molecule is CN(C)c1cc(-c2ccnn2C)c(O)c2c1C[C@H]1C[C@H]3CC(O)=C(C(N)=O)C4(O)O[C@]34C(O)=C1C2=O. The minimum absolute atomic E-state index is 0.0297. The molecule has 1 fully saturated rings. The summed E-state index contributed by atoms with van der Waals surface area (Å²) in [6.07, 6.45) is 2.19. The van der Waals surface area contributed by atoms with Crippen LogP contribution in [0.4, 0.5) is 5.69 Å². The largest absolute Gasteiger partial charge is 0.512 e. The van der Waals surface area contributed by atoms with E-state index in [1.807, 2.05) is 25.1 Å². The number of allylic oxidation sites excluding steroid dienone is 2. The number of nitrogens with two attached hydrogens (primary N) is 1. The number of epoxide rings is 1. The highest BCUT2D eigenvalue weighted by Gasteiger charge is 2.82. The first kappa shape index (κ1) is 22.6. The predicted octanol–water partition coefficient (Wildman–Crippen LogP) is 1.20. The van der Waals surface area contributed by atoms with Gasteiger partial charge in [0.15, 0.2) is 11.4 Å². The fraction of sp³-hybridized carbons (Fsp3) is 0.400. The minimum atomic E-state index is -2.32. The van der Waals surface area contributed by atoms with Crippen LogP contribution < -0.4 is 10.6 Å². The molecule has 2 heterocycles. The number of benzene rings is 1. The maximum atomic E-state index is 14.0. The van der Waals surface area contributed by atoms with E-state index in [4.69, 9.17) is 10.5 Å². The van der Waals surface area contributed by atoms with Gasteiger partial charge >= 0.3 is 0 Å². The molecule has 4 aliphatic rings. The van der Waals surface area contributed by atoms with Gasteiger partial charge < -0.3 is 35.8 Å². The van der Waals surface area contributed by atoms with Crippen molar-refractivity contribution in [2.45, 2.75) is 30.7 Å². The van der Waals surface area contributed by atoms with Crippen LogP contribution in [-0.4, -0.2) is 67.4 Å². The smallest absolute Gasteiger partial charge is 0.253 e. The maximum Gasteiger partial charge on any atom is 0.253 e. The Hall–Kier alpha value is -3.83. The number of aliphatic hydroxyl groups is 3. The summed E-state index contributed by atoms with van der Waals surface area (Å²) in [5, 5.41) is 48.5. The van der Waals surface area contributed by atoms with Gasteiger partial charge in [-0.2, -0.15) is 5.10 Å². The van der Waals surface area contributed by atoms with Gasteiger partial charge in [-0.1, -0.05) is 0 Å². The average molecular weight is 495 g/mol. The van der Waals surface area contributed by atoms with Crippen molar-refractivity contribution in [1.29, 1.82) is 0 Å². The second-order valence-corrected chi connectivity index (χ2v) is 10.2. The quantitative estimate of drug-likeness (QED) is 0.393. The molecule has 0 radical (unpaired) electrons. The van der Waals surface area contributed by atoms with Gasteiger partial charge in [-0.25, -0.2) is 0 Å². The van der Waals surface area contributed by atoms with Gasteiger partial charge in [0.2, 0.25) is 5.79 Å². The van der Waals surface area contributed by atoms with E-state index < -0.39 is 46.2 Å². The summed E-state index contributed by atoms with van der Waals surface area (Å²) < 4.78 is 7.17. The third-order valence-corrected chi connectivity index (χ3v) is 8.13. The van der Waals surface area contributed by atoms with Gasteiger partial charge in [0, 0.05) is 56.5 Å². The van der Waals surface area contributed by atoms with Crippen molar-refractivity contribution in [1.82, 2.24) is 9.78 Å². The van der Waals surface area contributed by atoms with E-state index in [1.165, 1.54) is 0 Å². The Morgan fingerprint density at radius 1 is 1.28 bits per heavy atom. The van der Waals surface area contributed by atoms with E-state index in [0.29, 0.717) is 29.7 Å². The summed E-state index contributed by atoms with van der Waals surface area (Å²) in [6.45, 7) is 0. The molecule has 36 heavy (non-hydrogen) atoms. The van der Waals surface area contributed by atoms with E-state index in [0.717, 1.165) is 5.69 Å². The van der Waals surface area contributed by atoms with Crippen LogP contribution >= 0.6 is 0 Å². The Morgan fingerprint density at radius 3 is 2.61 bits per heavy atom. The third kappa shape index (κ3) is 2.51. The third-order valence-electron chi connectivity index (χ3n) is 8.13. The standard InChI is InChI=1S/C25H26N4O7/c1-28(2)15-9-13(14-4-5-27-29(14)3)20(31)18-12(15)7-10-6-11-8-16(30)19(23(26)34)25(35)24(11,36-25)22(33)17(10)21(18)32/h4-5,9-11,30-31,33,35H,6-8H2,1-3H3,(H2,26,34)/t10-,11+,24+,25?/m1/s1. The molecule has 11 nitrogen and oxygen atoms in total. The van der Waals surface area contributed by atoms with Gasteiger partial charge in [0.05, 0.1) is 11.3 Å². The fourth-order valence-corrected chi connectivity index (χ4v) is 6.54. The Balaban J connectivity index is 1.56. The van der Waals surface area contributed by atoms with Crippen molar-refractivity contribution in [2.75, 3.05) is 19.0 Å². The second kappa shape index (κ2) is 6.89. The fourth-order valence-electron chi connectivity index (χ4n) is 6.54. The number of primary amides is 1. The van der Waals surface area contributed by atoms with Crippen molar-refractivity contribution in [3.63, 3.8) is 0 Å². The highest BCUT2D eigenvalue weighted by Crippen LogP contribution is 2.68. The molecule has 2 aromatic rings. The molecule has 1 spiro atoms. The second-order valence-electron chi connectivity index (χ2n) is 10.2. The summed E-state index contributed by atoms with van der Waals surface area (Å²) in [7, 11) is 5.41. The van der Waals surface area contributed by atoms with Crippen LogP contribution in [0.25, 0.3) is 11.3 Å².